The Kier molecular flexibility index (Phi) is 6.58. The number of halogens is 3. The number of benzene rings is 1. The van der Waals surface area contributed by atoms with Crippen LogP contribution >= 0.6 is 0 Å². The van der Waals surface area contributed by atoms with Gasteiger partial charge >= 0.3 is 6.18 Å². The van der Waals surface area contributed by atoms with Crippen LogP contribution in [0.3, 0.4) is 0 Å². The van der Waals surface area contributed by atoms with Crippen LogP contribution in [0.1, 0.15) is 24.1 Å². The molecule has 0 bridgehead atoms. The highest BCUT2D eigenvalue weighted by atomic mass is 19.4. The number of rotatable bonds is 6. The summed E-state index contributed by atoms with van der Waals surface area (Å²) in [6, 6.07) is 7.34. The van der Waals surface area contributed by atoms with Crippen molar-refractivity contribution in [3.05, 3.63) is 41.9 Å². The number of pyridine rings is 1. The number of aromatic amines is 1. The summed E-state index contributed by atoms with van der Waals surface area (Å²) in [4.78, 5) is 13.3. The summed E-state index contributed by atoms with van der Waals surface area (Å²) in [6.07, 6.45) is -1.62. The lowest BCUT2D eigenvalue weighted by atomic mass is 10.1. The molecule has 7 nitrogen and oxygen atoms in total. The Morgan fingerprint density at radius 1 is 1.22 bits per heavy atom. The second kappa shape index (κ2) is 9.54. The molecule has 1 aliphatic rings. The summed E-state index contributed by atoms with van der Waals surface area (Å²) in [7, 11) is 0. The van der Waals surface area contributed by atoms with E-state index in [4.69, 9.17) is 9.47 Å². The Morgan fingerprint density at radius 3 is 2.91 bits per heavy atom. The van der Waals surface area contributed by atoms with E-state index in [1.807, 2.05) is 6.07 Å². The number of nitriles is 1. The zero-order valence-corrected chi connectivity index (χ0v) is 17.3. The third-order valence-electron chi connectivity index (χ3n) is 5.28. The van der Waals surface area contributed by atoms with Crippen LogP contribution in [0.15, 0.2) is 30.6 Å². The molecular weight excluding hydrogens is 423 g/mol. The lowest BCUT2D eigenvalue weighted by molar-refractivity contribution is -0.138. The van der Waals surface area contributed by atoms with Crippen LogP contribution in [0, 0.1) is 11.3 Å². The lowest BCUT2D eigenvalue weighted by Gasteiger charge is -2.19. The average molecular weight is 445 g/mol. The number of alkyl halides is 3. The predicted molar refractivity (Wildman–Crippen MR) is 111 cm³/mol. The summed E-state index contributed by atoms with van der Waals surface area (Å²) in [5.74, 6) is -0.219. The maximum Gasteiger partial charge on any atom is 0.419 e. The van der Waals surface area contributed by atoms with Gasteiger partial charge in [-0.3, -0.25) is 0 Å². The fraction of sp³-hybridized carbons (Fsp3) is 0.409. The van der Waals surface area contributed by atoms with Crippen molar-refractivity contribution in [2.45, 2.75) is 19.0 Å². The maximum atomic E-state index is 13.7. The van der Waals surface area contributed by atoms with E-state index in [9.17, 15) is 18.4 Å². The molecule has 0 amide bonds. The van der Waals surface area contributed by atoms with E-state index in [0.29, 0.717) is 24.1 Å². The molecule has 1 fully saturated rings. The number of hydrogen-bond donors (Lipinski definition) is 1. The minimum atomic E-state index is -4.59. The Hall–Kier alpha value is -3.16. The number of nitrogens with one attached hydrogen (secondary N) is 1. The fourth-order valence-corrected chi connectivity index (χ4v) is 3.70. The fourth-order valence-electron chi connectivity index (χ4n) is 3.70. The van der Waals surface area contributed by atoms with E-state index >= 15 is 0 Å². The van der Waals surface area contributed by atoms with Crippen LogP contribution in [0.25, 0.3) is 22.3 Å². The first-order chi connectivity index (χ1) is 15.5. The van der Waals surface area contributed by atoms with Gasteiger partial charge in [0.1, 0.15) is 17.3 Å². The highest BCUT2D eigenvalue weighted by Gasteiger charge is 2.35. The lowest BCUT2D eigenvalue weighted by Crippen LogP contribution is -2.28. The normalized spacial score (nSPS) is 15.4. The largest absolute Gasteiger partial charge is 0.493 e. The molecule has 168 valence electrons. The molecule has 1 aromatic carbocycles. The molecule has 0 aliphatic carbocycles. The van der Waals surface area contributed by atoms with E-state index in [1.54, 1.807) is 6.07 Å². The van der Waals surface area contributed by atoms with Crippen molar-refractivity contribution in [2.24, 2.45) is 0 Å². The number of H-pyrrole nitrogens is 1. The SMILES string of the molecule is N#Cc1nc(-c2ccc(OCCCN3CCCOCC3)c(C(F)(F)F)c2)cc2[nH]cnc12. The van der Waals surface area contributed by atoms with Crippen molar-refractivity contribution in [3.63, 3.8) is 0 Å². The molecule has 0 radical (unpaired) electrons. The molecule has 2 aromatic heterocycles. The standard InChI is InChI=1S/C22H22F3N5O2/c23-22(24,25)16-11-15(17-12-18-21(28-14-27-18)19(13-26)29-17)3-4-20(16)32-9-2-6-30-5-1-8-31-10-7-30/h3-4,11-12,14H,1-2,5-10H2,(H,27,28). The Labute approximate surface area is 182 Å². The van der Waals surface area contributed by atoms with Crippen LogP contribution in [-0.4, -0.2) is 59.3 Å². The summed E-state index contributed by atoms with van der Waals surface area (Å²) >= 11 is 0. The van der Waals surface area contributed by atoms with Crippen LogP contribution < -0.4 is 4.74 Å². The van der Waals surface area contributed by atoms with Gasteiger partial charge in [-0.2, -0.15) is 18.4 Å². The van der Waals surface area contributed by atoms with Crippen molar-refractivity contribution < 1.29 is 22.6 Å². The third kappa shape index (κ3) is 5.00. The van der Waals surface area contributed by atoms with Gasteiger partial charge in [0.25, 0.3) is 0 Å². The van der Waals surface area contributed by atoms with Crippen molar-refractivity contribution in [1.82, 2.24) is 19.9 Å². The highest BCUT2D eigenvalue weighted by molar-refractivity contribution is 5.83. The molecular formula is C22H22F3N5O2. The smallest absolute Gasteiger partial charge is 0.419 e. The number of ether oxygens (including phenoxy) is 2. The summed E-state index contributed by atoms with van der Waals surface area (Å²) in [5, 5.41) is 9.31. The Balaban J connectivity index is 1.51. The van der Waals surface area contributed by atoms with Crippen LogP contribution in [0.5, 0.6) is 5.75 Å². The quantitative estimate of drug-likeness (QED) is 0.577. The van der Waals surface area contributed by atoms with Gasteiger partial charge < -0.3 is 19.4 Å². The van der Waals surface area contributed by atoms with Crippen molar-refractivity contribution in [1.29, 1.82) is 5.26 Å². The monoisotopic (exact) mass is 445 g/mol. The molecule has 32 heavy (non-hydrogen) atoms. The molecule has 1 aliphatic heterocycles. The molecule has 1 saturated heterocycles. The van der Waals surface area contributed by atoms with Gasteiger partial charge in [0.15, 0.2) is 5.69 Å². The molecule has 3 heterocycles. The number of fused-ring (bicyclic) bond motifs is 1. The molecule has 0 spiro atoms. The first-order valence-electron chi connectivity index (χ1n) is 10.3. The minimum absolute atomic E-state index is 0.0477. The number of nitrogens with zero attached hydrogens (tertiary/aromatic N) is 4. The second-order valence-corrected chi connectivity index (χ2v) is 7.48. The van der Waals surface area contributed by atoms with Crippen LogP contribution in [0.4, 0.5) is 13.2 Å². The van der Waals surface area contributed by atoms with Crippen molar-refractivity contribution in [2.75, 3.05) is 39.5 Å². The molecule has 4 rings (SSSR count). The van der Waals surface area contributed by atoms with Gasteiger partial charge in [0.05, 0.1) is 36.3 Å². The zero-order valence-electron chi connectivity index (χ0n) is 17.3. The molecule has 1 N–H and O–H groups in total. The summed E-state index contributed by atoms with van der Waals surface area (Å²) < 4.78 is 52.2. The van der Waals surface area contributed by atoms with Crippen molar-refractivity contribution >= 4 is 11.0 Å². The number of aromatic nitrogens is 3. The van der Waals surface area contributed by atoms with Gasteiger partial charge in [-0.05, 0) is 37.1 Å². The van der Waals surface area contributed by atoms with E-state index in [1.165, 1.54) is 18.5 Å². The van der Waals surface area contributed by atoms with Gasteiger partial charge in [-0.25, -0.2) is 9.97 Å². The van der Waals surface area contributed by atoms with Gasteiger partial charge in [-0.15, -0.1) is 0 Å². The van der Waals surface area contributed by atoms with E-state index in [0.717, 1.165) is 38.7 Å². The van der Waals surface area contributed by atoms with E-state index in [-0.39, 0.29) is 29.3 Å². The molecule has 0 unspecified atom stereocenters. The molecule has 0 saturated carbocycles. The second-order valence-electron chi connectivity index (χ2n) is 7.48. The van der Waals surface area contributed by atoms with Gasteiger partial charge in [-0.1, -0.05) is 0 Å². The van der Waals surface area contributed by atoms with Crippen LogP contribution in [-0.2, 0) is 10.9 Å². The third-order valence-corrected chi connectivity index (χ3v) is 5.28. The molecule has 0 atom stereocenters. The average Bonchev–Trinajstić information content (AvgIpc) is 3.10. The first kappa shape index (κ1) is 22.0. The van der Waals surface area contributed by atoms with E-state index in [2.05, 4.69) is 19.9 Å². The molecule has 3 aromatic rings. The highest BCUT2D eigenvalue weighted by Crippen LogP contribution is 2.39. The topological polar surface area (TPSA) is 87.1 Å². The predicted octanol–water partition coefficient (Wildman–Crippen LogP) is 4.01. The first-order valence-corrected chi connectivity index (χ1v) is 10.3. The summed E-state index contributed by atoms with van der Waals surface area (Å²) in [6.45, 7) is 4.07. The van der Waals surface area contributed by atoms with Gasteiger partial charge in [0, 0.05) is 31.8 Å². The van der Waals surface area contributed by atoms with E-state index < -0.39 is 11.7 Å². The number of hydrogen-bond acceptors (Lipinski definition) is 6. The molecule has 10 heteroatoms. The maximum absolute atomic E-state index is 13.7. The Morgan fingerprint density at radius 2 is 2.09 bits per heavy atom. The van der Waals surface area contributed by atoms with Crippen molar-refractivity contribution in [3.8, 4) is 23.1 Å². The number of imidazole rings is 1. The minimum Gasteiger partial charge on any atom is -0.493 e. The van der Waals surface area contributed by atoms with Crippen LogP contribution in [0.2, 0.25) is 0 Å². The zero-order chi connectivity index (χ0) is 22.6. The summed E-state index contributed by atoms with van der Waals surface area (Å²) in [5.41, 5.74) is 0.568. The Bertz CT molecular complexity index is 1110. The van der Waals surface area contributed by atoms with Gasteiger partial charge in [0.2, 0.25) is 0 Å².